The molecule has 0 saturated carbocycles. The van der Waals surface area contributed by atoms with E-state index in [0.717, 1.165) is 11.4 Å². The number of rotatable bonds is 1. The third-order valence-corrected chi connectivity index (χ3v) is 4.81. The molecule has 0 aromatic heterocycles. The van der Waals surface area contributed by atoms with E-state index in [9.17, 15) is 0 Å². The Morgan fingerprint density at radius 2 is 1.17 bits per heavy atom. The fourth-order valence-electron chi connectivity index (χ4n) is 0. The topological polar surface area (TPSA) is 0 Å². The largest absolute Gasteiger partial charge is 0.130 e. The predicted octanol–water partition coefficient (Wildman–Crippen LogP) is 4.37. The number of alkyl halides is 2. The summed E-state index contributed by atoms with van der Waals surface area (Å²) in [4.78, 5) is 0. The summed E-state index contributed by atoms with van der Waals surface area (Å²) in [6, 6.07) is 0. The third-order valence-electron chi connectivity index (χ3n) is 0.802. The summed E-state index contributed by atoms with van der Waals surface area (Å²) in [6.45, 7) is 13.1. The van der Waals surface area contributed by atoms with Crippen molar-refractivity contribution in [2.75, 3.05) is 11.4 Å². The van der Waals surface area contributed by atoms with Crippen LogP contribution in [0.3, 0.4) is 0 Å². The van der Waals surface area contributed by atoms with Gasteiger partial charge in [-0.3, -0.25) is 0 Å². The van der Waals surface area contributed by atoms with Gasteiger partial charge >= 0.3 is 0 Å². The lowest BCUT2D eigenvalue weighted by Crippen LogP contribution is -2.21. The number of hydrogen-bond donors (Lipinski definition) is 0. The molecule has 0 N–H and O–H groups in total. The van der Waals surface area contributed by atoms with Crippen LogP contribution >= 0.6 is 23.2 Å². The molecule has 0 rings (SSSR count). The molecular formula is C9H22Cl2Si. The Labute approximate surface area is 88.7 Å². The van der Waals surface area contributed by atoms with Crippen LogP contribution in [0, 0.1) is 5.41 Å². The van der Waals surface area contributed by atoms with Gasteiger partial charge in [0.15, 0.2) is 0 Å². The second-order valence-electron chi connectivity index (χ2n) is 5.39. The van der Waals surface area contributed by atoms with E-state index in [1.807, 2.05) is 0 Å². The summed E-state index contributed by atoms with van der Waals surface area (Å²) in [7, 11) is -0.866. The zero-order valence-electron chi connectivity index (χ0n) is 9.17. The minimum atomic E-state index is -0.866. The molecule has 0 atom stereocenters. The van der Waals surface area contributed by atoms with Gasteiger partial charge in [-0.2, -0.15) is 0 Å². The van der Waals surface area contributed by atoms with E-state index in [1.54, 1.807) is 0 Å². The van der Waals surface area contributed by atoms with Gasteiger partial charge in [0, 0.05) is 11.4 Å². The Bertz CT molecular complexity index is 86.1. The molecule has 0 aromatic carbocycles. The Balaban J connectivity index is 0. The highest BCUT2D eigenvalue weighted by atomic mass is 35.5. The third kappa shape index (κ3) is 22.4. The highest BCUT2D eigenvalue weighted by Gasteiger charge is 2.08. The van der Waals surface area contributed by atoms with Gasteiger partial charge in [0.05, 0.1) is 8.07 Å². The van der Waals surface area contributed by atoms with Crippen molar-refractivity contribution in [2.24, 2.45) is 5.41 Å². The van der Waals surface area contributed by atoms with E-state index in [-0.39, 0.29) is 0 Å². The molecule has 0 unspecified atom stereocenters. The maximum absolute atomic E-state index is 5.54. The van der Waals surface area contributed by atoms with Crippen molar-refractivity contribution in [2.45, 2.75) is 40.4 Å². The average Bonchev–Trinajstić information content (AvgIpc) is 1.86. The first-order valence-corrected chi connectivity index (χ1v) is 9.02. The summed E-state index contributed by atoms with van der Waals surface area (Å²) < 4.78 is 0. The molecule has 0 bridgehead atoms. The number of halogens is 2. The molecule has 0 heterocycles. The molecule has 0 amide bonds. The second kappa shape index (κ2) is 6.28. The molecule has 0 aliphatic carbocycles. The normalized spacial score (nSPS) is 12.0. The molecule has 0 saturated heterocycles. The maximum Gasteiger partial charge on any atom is 0.0609 e. The SMILES string of the molecule is CC(C)(C)CCl.C[Si](C)(C)CCl. The van der Waals surface area contributed by atoms with Gasteiger partial charge in [-0.1, -0.05) is 40.4 Å². The molecule has 0 aliphatic rings. The van der Waals surface area contributed by atoms with Crippen LogP contribution in [0.2, 0.25) is 19.6 Å². The van der Waals surface area contributed by atoms with E-state index in [4.69, 9.17) is 23.2 Å². The van der Waals surface area contributed by atoms with E-state index in [2.05, 4.69) is 40.4 Å². The maximum atomic E-state index is 5.54. The Kier molecular flexibility index (Phi) is 8.00. The highest BCUT2D eigenvalue weighted by Crippen LogP contribution is 2.13. The van der Waals surface area contributed by atoms with Crippen molar-refractivity contribution in [1.82, 2.24) is 0 Å². The molecule has 12 heavy (non-hydrogen) atoms. The van der Waals surface area contributed by atoms with Crippen LogP contribution < -0.4 is 0 Å². The van der Waals surface area contributed by atoms with Gasteiger partial charge < -0.3 is 0 Å². The van der Waals surface area contributed by atoms with Crippen molar-refractivity contribution in [3.63, 3.8) is 0 Å². The van der Waals surface area contributed by atoms with E-state index in [0.29, 0.717) is 5.41 Å². The highest BCUT2D eigenvalue weighted by molar-refractivity contribution is 6.81. The quantitative estimate of drug-likeness (QED) is 0.462. The smallest absolute Gasteiger partial charge is 0.0609 e. The van der Waals surface area contributed by atoms with E-state index >= 15 is 0 Å². The van der Waals surface area contributed by atoms with E-state index in [1.165, 1.54) is 0 Å². The Morgan fingerprint density at radius 1 is 1.00 bits per heavy atom. The van der Waals surface area contributed by atoms with Crippen molar-refractivity contribution < 1.29 is 0 Å². The zero-order valence-corrected chi connectivity index (χ0v) is 11.7. The lowest BCUT2D eigenvalue weighted by molar-refractivity contribution is 0.477. The summed E-state index contributed by atoms with van der Waals surface area (Å²) in [5, 5.41) is 0. The predicted molar refractivity (Wildman–Crippen MR) is 64.2 cm³/mol. The molecular weight excluding hydrogens is 207 g/mol. The molecule has 3 heteroatoms. The molecule has 0 spiro atoms. The first-order chi connectivity index (χ1) is 5.12. The molecule has 0 radical (unpaired) electrons. The summed E-state index contributed by atoms with van der Waals surface area (Å²) in [5.74, 6) is 0.743. The standard InChI is InChI=1S/C5H11Cl.C4H11ClSi/c1-5(2,3)4-6;1-6(2,3)4-5/h2*4H2,1-3H3. The number of hydrogen-bond acceptors (Lipinski definition) is 0. The van der Waals surface area contributed by atoms with Crippen molar-refractivity contribution in [1.29, 1.82) is 0 Å². The Morgan fingerprint density at radius 3 is 1.17 bits per heavy atom. The van der Waals surface area contributed by atoms with Gasteiger partial charge in [0.1, 0.15) is 0 Å². The lowest BCUT2D eigenvalue weighted by Gasteiger charge is -2.10. The molecule has 0 fully saturated rings. The second-order valence-corrected chi connectivity index (χ2v) is 11.8. The van der Waals surface area contributed by atoms with Crippen LogP contribution in [0.15, 0.2) is 0 Å². The Hall–Kier alpha value is 0.797. The minimum absolute atomic E-state index is 0.307. The van der Waals surface area contributed by atoms with Crippen LogP contribution in [0.25, 0.3) is 0 Å². The van der Waals surface area contributed by atoms with Crippen molar-refractivity contribution in [3.8, 4) is 0 Å². The summed E-state index contributed by atoms with van der Waals surface area (Å²) in [6.07, 6.45) is 0. The fraction of sp³-hybridized carbons (Fsp3) is 1.00. The first kappa shape index (κ1) is 15.3. The fourth-order valence-corrected chi connectivity index (χ4v) is 0. The van der Waals surface area contributed by atoms with Gasteiger partial charge in [-0.15, -0.1) is 23.2 Å². The van der Waals surface area contributed by atoms with E-state index < -0.39 is 8.07 Å². The molecule has 0 aliphatic heterocycles. The average molecular weight is 229 g/mol. The molecule has 0 aromatic rings. The first-order valence-electron chi connectivity index (χ1n) is 4.24. The van der Waals surface area contributed by atoms with Gasteiger partial charge in [0.2, 0.25) is 0 Å². The summed E-state index contributed by atoms with van der Waals surface area (Å²) >= 11 is 11.0. The van der Waals surface area contributed by atoms with Crippen LogP contribution in [-0.2, 0) is 0 Å². The molecule has 76 valence electrons. The van der Waals surface area contributed by atoms with Crippen molar-refractivity contribution >= 4 is 31.3 Å². The summed E-state index contributed by atoms with van der Waals surface area (Å²) in [5.41, 5.74) is 1.19. The van der Waals surface area contributed by atoms with Crippen LogP contribution in [0.1, 0.15) is 20.8 Å². The van der Waals surface area contributed by atoms with Crippen LogP contribution in [0.5, 0.6) is 0 Å². The van der Waals surface area contributed by atoms with Crippen LogP contribution in [-0.4, -0.2) is 19.5 Å². The zero-order chi connectivity index (χ0) is 10.4. The monoisotopic (exact) mass is 228 g/mol. The minimum Gasteiger partial charge on any atom is -0.130 e. The van der Waals surface area contributed by atoms with Gasteiger partial charge in [-0.25, -0.2) is 0 Å². The lowest BCUT2D eigenvalue weighted by atomic mass is 10.0. The van der Waals surface area contributed by atoms with Gasteiger partial charge in [-0.05, 0) is 5.41 Å². The van der Waals surface area contributed by atoms with Gasteiger partial charge in [0.25, 0.3) is 0 Å². The van der Waals surface area contributed by atoms with Crippen molar-refractivity contribution in [3.05, 3.63) is 0 Å². The molecule has 0 nitrogen and oxygen atoms in total. The van der Waals surface area contributed by atoms with Crippen LogP contribution in [0.4, 0.5) is 0 Å².